The van der Waals surface area contributed by atoms with Crippen LogP contribution in [0.25, 0.3) is 0 Å². The molecule has 3 unspecified atom stereocenters. The van der Waals surface area contributed by atoms with Crippen LogP contribution in [0.2, 0.25) is 5.02 Å². The molecule has 6 heteroatoms. The van der Waals surface area contributed by atoms with Crippen LogP contribution >= 0.6 is 27.5 Å². The van der Waals surface area contributed by atoms with Gasteiger partial charge in [-0.2, -0.15) is 0 Å². The number of benzene rings is 1. The SMILES string of the molecule is COC1CN(C(CN)c2ccc(Cl)cc2Br)CC1OC. The van der Waals surface area contributed by atoms with Crippen molar-refractivity contribution in [3.05, 3.63) is 33.3 Å². The van der Waals surface area contributed by atoms with Crippen LogP contribution in [0, 0.1) is 0 Å². The van der Waals surface area contributed by atoms with Gasteiger partial charge in [-0.05, 0) is 17.7 Å². The summed E-state index contributed by atoms with van der Waals surface area (Å²) in [4.78, 5) is 2.30. The van der Waals surface area contributed by atoms with Crippen molar-refractivity contribution in [2.24, 2.45) is 5.73 Å². The minimum atomic E-state index is 0.0834. The maximum absolute atomic E-state index is 6.00. The first-order valence-corrected chi connectivity index (χ1v) is 7.72. The van der Waals surface area contributed by atoms with E-state index in [1.54, 1.807) is 14.2 Å². The molecule has 1 heterocycles. The van der Waals surface area contributed by atoms with E-state index >= 15 is 0 Å². The largest absolute Gasteiger partial charge is 0.377 e. The van der Waals surface area contributed by atoms with Gasteiger partial charge in [0.2, 0.25) is 0 Å². The van der Waals surface area contributed by atoms with Gasteiger partial charge in [-0.1, -0.05) is 33.6 Å². The Bertz CT molecular complexity index is 449. The second-order valence-corrected chi connectivity index (χ2v) is 6.21. The summed E-state index contributed by atoms with van der Waals surface area (Å²) in [5.74, 6) is 0. The Morgan fingerprint density at radius 2 is 1.95 bits per heavy atom. The highest BCUT2D eigenvalue weighted by atomic mass is 79.9. The highest BCUT2D eigenvalue weighted by Crippen LogP contribution is 2.32. The van der Waals surface area contributed by atoms with Crippen LogP contribution in [-0.4, -0.2) is 51.0 Å². The number of hydrogen-bond donors (Lipinski definition) is 1. The molecule has 112 valence electrons. The van der Waals surface area contributed by atoms with Gasteiger partial charge >= 0.3 is 0 Å². The van der Waals surface area contributed by atoms with E-state index in [1.807, 2.05) is 18.2 Å². The van der Waals surface area contributed by atoms with Crippen LogP contribution in [0.4, 0.5) is 0 Å². The smallest absolute Gasteiger partial charge is 0.0972 e. The van der Waals surface area contributed by atoms with Crippen molar-refractivity contribution in [1.29, 1.82) is 0 Å². The summed E-state index contributed by atoms with van der Waals surface area (Å²) in [5.41, 5.74) is 7.13. The summed E-state index contributed by atoms with van der Waals surface area (Å²) in [6.45, 7) is 2.16. The van der Waals surface area contributed by atoms with Gasteiger partial charge < -0.3 is 15.2 Å². The molecule has 1 aromatic rings. The number of halogens is 2. The molecule has 0 spiro atoms. The lowest BCUT2D eigenvalue weighted by Gasteiger charge is -2.27. The summed E-state index contributed by atoms with van der Waals surface area (Å²) in [7, 11) is 3.44. The van der Waals surface area contributed by atoms with Crippen LogP contribution < -0.4 is 5.73 Å². The molecule has 1 fully saturated rings. The number of rotatable bonds is 5. The lowest BCUT2D eigenvalue weighted by molar-refractivity contribution is -0.00461. The van der Waals surface area contributed by atoms with Gasteiger partial charge in [0.25, 0.3) is 0 Å². The Morgan fingerprint density at radius 3 is 2.40 bits per heavy atom. The zero-order valence-electron chi connectivity index (χ0n) is 11.7. The Hall–Kier alpha value is -0.170. The third kappa shape index (κ3) is 3.35. The first-order valence-electron chi connectivity index (χ1n) is 6.55. The van der Waals surface area contributed by atoms with E-state index in [9.17, 15) is 0 Å². The lowest BCUT2D eigenvalue weighted by atomic mass is 10.1. The quantitative estimate of drug-likeness (QED) is 0.873. The van der Waals surface area contributed by atoms with E-state index in [1.165, 1.54) is 0 Å². The normalized spacial score (nSPS) is 25.1. The van der Waals surface area contributed by atoms with Gasteiger partial charge in [-0.25, -0.2) is 0 Å². The van der Waals surface area contributed by atoms with Gasteiger partial charge in [-0.3, -0.25) is 4.90 Å². The Labute approximate surface area is 133 Å². The molecule has 0 aromatic heterocycles. The average Bonchev–Trinajstić information content (AvgIpc) is 2.85. The summed E-state index contributed by atoms with van der Waals surface area (Å²) < 4.78 is 12.0. The maximum atomic E-state index is 6.00. The Kier molecular flexibility index (Phi) is 5.84. The summed E-state index contributed by atoms with van der Waals surface area (Å²) in [6.07, 6.45) is 0.167. The second-order valence-electron chi connectivity index (χ2n) is 4.92. The molecule has 1 aliphatic heterocycles. The molecule has 1 aromatic carbocycles. The summed E-state index contributed by atoms with van der Waals surface area (Å²) >= 11 is 9.57. The van der Waals surface area contributed by atoms with Crippen LogP contribution in [0.3, 0.4) is 0 Å². The number of nitrogens with zero attached hydrogens (tertiary/aromatic N) is 1. The zero-order valence-corrected chi connectivity index (χ0v) is 14.0. The third-order valence-corrected chi connectivity index (χ3v) is 4.76. The predicted octanol–water partition coefficient (Wildman–Crippen LogP) is 2.45. The molecule has 0 bridgehead atoms. The fraction of sp³-hybridized carbons (Fsp3) is 0.571. The van der Waals surface area contributed by atoms with Crippen LogP contribution in [0.5, 0.6) is 0 Å². The Balaban J connectivity index is 2.20. The highest BCUT2D eigenvalue weighted by Gasteiger charge is 2.36. The lowest BCUT2D eigenvalue weighted by Crippen LogP contribution is -2.33. The van der Waals surface area contributed by atoms with Crippen molar-refractivity contribution in [3.63, 3.8) is 0 Å². The van der Waals surface area contributed by atoms with E-state index in [0.717, 1.165) is 23.1 Å². The van der Waals surface area contributed by atoms with Crippen molar-refractivity contribution in [2.45, 2.75) is 18.2 Å². The highest BCUT2D eigenvalue weighted by molar-refractivity contribution is 9.10. The van der Waals surface area contributed by atoms with Crippen molar-refractivity contribution < 1.29 is 9.47 Å². The fourth-order valence-corrected chi connectivity index (χ4v) is 3.67. The van der Waals surface area contributed by atoms with Gasteiger partial charge in [0, 0.05) is 49.4 Å². The molecule has 1 aliphatic rings. The molecule has 4 nitrogen and oxygen atoms in total. The van der Waals surface area contributed by atoms with Gasteiger partial charge in [0.05, 0.1) is 12.2 Å². The number of nitrogens with two attached hydrogens (primary N) is 1. The molecule has 2 rings (SSSR count). The molecule has 2 N–H and O–H groups in total. The number of likely N-dealkylation sites (tertiary alicyclic amines) is 1. The molecular weight excluding hydrogens is 344 g/mol. The molecule has 0 saturated carbocycles. The zero-order chi connectivity index (χ0) is 14.7. The van der Waals surface area contributed by atoms with Gasteiger partial charge in [-0.15, -0.1) is 0 Å². The summed E-state index contributed by atoms with van der Waals surface area (Å²) in [6, 6.07) is 5.94. The van der Waals surface area contributed by atoms with Crippen LogP contribution in [-0.2, 0) is 9.47 Å². The van der Waals surface area contributed by atoms with E-state index in [0.29, 0.717) is 11.6 Å². The average molecular weight is 364 g/mol. The van der Waals surface area contributed by atoms with Crippen molar-refractivity contribution in [1.82, 2.24) is 4.90 Å². The minimum absolute atomic E-state index is 0.0834. The van der Waals surface area contributed by atoms with E-state index < -0.39 is 0 Å². The van der Waals surface area contributed by atoms with E-state index in [4.69, 9.17) is 26.8 Å². The van der Waals surface area contributed by atoms with E-state index in [2.05, 4.69) is 20.8 Å². The number of hydrogen-bond acceptors (Lipinski definition) is 4. The van der Waals surface area contributed by atoms with Crippen molar-refractivity contribution >= 4 is 27.5 Å². The van der Waals surface area contributed by atoms with E-state index in [-0.39, 0.29) is 18.2 Å². The van der Waals surface area contributed by atoms with Gasteiger partial charge in [0.1, 0.15) is 0 Å². The molecule has 20 heavy (non-hydrogen) atoms. The number of methoxy groups -OCH3 is 2. The summed E-state index contributed by atoms with van der Waals surface area (Å²) in [5, 5.41) is 0.711. The molecule has 0 aliphatic carbocycles. The fourth-order valence-electron chi connectivity index (χ4n) is 2.72. The topological polar surface area (TPSA) is 47.7 Å². The first-order chi connectivity index (χ1) is 9.60. The predicted molar refractivity (Wildman–Crippen MR) is 84.1 cm³/mol. The third-order valence-electron chi connectivity index (χ3n) is 3.83. The second kappa shape index (κ2) is 7.20. The molecule has 0 radical (unpaired) electrons. The monoisotopic (exact) mass is 362 g/mol. The standard InChI is InChI=1S/C14H20BrClN2O2/c1-19-13-7-18(8-14(13)20-2)12(6-17)10-4-3-9(16)5-11(10)15/h3-5,12-14H,6-8,17H2,1-2H3. The first kappa shape index (κ1) is 16.2. The Morgan fingerprint density at radius 1 is 1.35 bits per heavy atom. The molecule has 0 amide bonds. The van der Waals surface area contributed by atoms with Gasteiger partial charge in [0.15, 0.2) is 0 Å². The van der Waals surface area contributed by atoms with Crippen molar-refractivity contribution in [3.8, 4) is 0 Å². The molecule has 1 saturated heterocycles. The van der Waals surface area contributed by atoms with Crippen LogP contribution in [0.1, 0.15) is 11.6 Å². The molecule has 3 atom stereocenters. The number of ether oxygens (including phenoxy) is 2. The molecular formula is C14H20BrClN2O2. The van der Waals surface area contributed by atoms with Crippen LogP contribution in [0.15, 0.2) is 22.7 Å². The minimum Gasteiger partial charge on any atom is -0.377 e. The maximum Gasteiger partial charge on any atom is 0.0972 e. The van der Waals surface area contributed by atoms with Crippen molar-refractivity contribution in [2.75, 3.05) is 33.9 Å².